The van der Waals surface area contributed by atoms with Crippen molar-refractivity contribution < 1.29 is 43.2 Å². The van der Waals surface area contributed by atoms with Crippen LogP contribution in [-0.4, -0.2) is 130 Å². The van der Waals surface area contributed by atoms with Gasteiger partial charge in [0, 0.05) is 13.0 Å². The summed E-state index contributed by atoms with van der Waals surface area (Å²) in [5.41, 5.74) is 16.7. The number of amides is 9. The fraction of sp³-hybridized carbons (Fsp3) is 0.679. The Morgan fingerprint density at radius 1 is 0.429 bits per heavy atom. The lowest BCUT2D eigenvalue weighted by atomic mass is 10.1. The molecule has 0 aliphatic heterocycles. The van der Waals surface area contributed by atoms with E-state index in [0.717, 1.165) is 0 Å². The number of carbonyl (C=O) groups excluding carboxylic acids is 9. The Balaban J connectivity index is 4.85. The van der Waals surface area contributed by atoms with Crippen molar-refractivity contribution in [2.24, 2.45) is 17.2 Å². The van der Waals surface area contributed by atoms with Crippen molar-refractivity contribution in [2.75, 3.05) is 58.9 Å². The first-order valence-electron chi connectivity index (χ1n) is 15.9. The fourth-order valence-electron chi connectivity index (χ4n) is 3.89. The lowest BCUT2D eigenvalue weighted by Gasteiger charge is -2.22. The van der Waals surface area contributed by atoms with E-state index in [1.165, 1.54) is 0 Å². The Hall–Kier alpha value is -4.89. The summed E-state index contributed by atoms with van der Waals surface area (Å²) in [5.74, 6) is -5.74. The minimum Gasteiger partial charge on any atom is -0.355 e. The third-order valence-corrected chi connectivity index (χ3v) is 6.34. The molecule has 0 aromatic heterocycles. The molecule has 0 aliphatic carbocycles. The van der Waals surface area contributed by atoms with Gasteiger partial charge in [-0.1, -0.05) is 6.92 Å². The average molecular weight is 701 g/mol. The van der Waals surface area contributed by atoms with Crippen molar-refractivity contribution in [1.82, 2.24) is 47.9 Å². The highest BCUT2D eigenvalue weighted by atomic mass is 16.2. The maximum atomic E-state index is 12.9. The highest BCUT2D eigenvalue weighted by Gasteiger charge is 2.27. The monoisotopic (exact) mass is 700 g/mol. The summed E-state index contributed by atoms with van der Waals surface area (Å²) >= 11 is 0. The van der Waals surface area contributed by atoms with Gasteiger partial charge in [-0.05, 0) is 52.2 Å². The SMILES string of the molecule is CCCC(=O)NCC(=O)NCC(=O)NC(CCN)C(=O)NCC(=O)NCC(=O)N[C@@H](CCN)C(=O)N[C@@H](CCN)C(=O)NCC(=O)NCC. The smallest absolute Gasteiger partial charge is 0.243 e. The van der Waals surface area contributed by atoms with Gasteiger partial charge in [0.15, 0.2) is 0 Å². The van der Waals surface area contributed by atoms with Gasteiger partial charge in [-0.25, -0.2) is 0 Å². The zero-order valence-corrected chi connectivity index (χ0v) is 28.0. The number of carbonyl (C=O) groups is 9. The maximum Gasteiger partial charge on any atom is 0.243 e. The molecule has 0 heterocycles. The molecule has 0 saturated heterocycles. The second-order valence-corrected chi connectivity index (χ2v) is 10.5. The van der Waals surface area contributed by atoms with Crippen molar-refractivity contribution >= 4 is 53.2 Å². The second kappa shape index (κ2) is 26.1. The van der Waals surface area contributed by atoms with Crippen LogP contribution in [0, 0.1) is 0 Å². The molecule has 9 amide bonds. The Kier molecular flexibility index (Phi) is 23.5. The lowest BCUT2D eigenvalue weighted by molar-refractivity contribution is -0.133. The van der Waals surface area contributed by atoms with Crippen molar-refractivity contribution in [3.8, 4) is 0 Å². The predicted molar refractivity (Wildman–Crippen MR) is 175 cm³/mol. The summed E-state index contributed by atoms with van der Waals surface area (Å²) in [6, 6.07) is -3.40. The zero-order chi connectivity index (χ0) is 37.2. The Morgan fingerprint density at radius 3 is 1.18 bits per heavy atom. The summed E-state index contributed by atoms with van der Waals surface area (Å²) in [7, 11) is 0. The van der Waals surface area contributed by atoms with E-state index < -0.39 is 85.0 Å². The van der Waals surface area contributed by atoms with E-state index in [0.29, 0.717) is 13.0 Å². The van der Waals surface area contributed by atoms with Crippen LogP contribution in [0.1, 0.15) is 46.0 Å². The van der Waals surface area contributed by atoms with Gasteiger partial charge in [0.05, 0.1) is 32.7 Å². The molecule has 49 heavy (non-hydrogen) atoms. The molecular formula is C28H52N12O9. The van der Waals surface area contributed by atoms with E-state index in [9.17, 15) is 43.2 Å². The third-order valence-electron chi connectivity index (χ3n) is 6.34. The van der Waals surface area contributed by atoms with E-state index in [2.05, 4.69) is 47.9 Å². The highest BCUT2D eigenvalue weighted by molar-refractivity contribution is 5.95. The summed E-state index contributed by atoms with van der Waals surface area (Å²) < 4.78 is 0. The molecule has 15 N–H and O–H groups in total. The topological polar surface area (TPSA) is 340 Å². The molecule has 0 spiro atoms. The molecule has 0 fully saturated rings. The number of nitrogens with two attached hydrogens (primary N) is 3. The molecule has 0 aliphatic rings. The van der Waals surface area contributed by atoms with Gasteiger partial charge in [-0.3, -0.25) is 43.2 Å². The van der Waals surface area contributed by atoms with Crippen LogP contribution in [0.15, 0.2) is 0 Å². The summed E-state index contributed by atoms with van der Waals surface area (Å²) in [5, 5.41) is 21.5. The van der Waals surface area contributed by atoms with Gasteiger partial charge < -0.3 is 65.1 Å². The van der Waals surface area contributed by atoms with E-state index in [-0.39, 0.29) is 64.3 Å². The minimum atomic E-state index is -1.17. The van der Waals surface area contributed by atoms with Gasteiger partial charge >= 0.3 is 0 Å². The van der Waals surface area contributed by atoms with Gasteiger partial charge in [0.2, 0.25) is 53.2 Å². The number of likely N-dealkylation sites (N-methyl/N-ethyl adjacent to an activating group) is 1. The first kappa shape index (κ1) is 44.1. The van der Waals surface area contributed by atoms with Crippen LogP contribution in [0.4, 0.5) is 0 Å². The molecule has 1 unspecified atom stereocenters. The molecule has 21 heteroatoms. The first-order chi connectivity index (χ1) is 23.3. The van der Waals surface area contributed by atoms with Crippen molar-refractivity contribution in [3.63, 3.8) is 0 Å². The standard InChI is InChI=1S/C28H52N12O9/c1-3-5-20(41)33-12-22(43)34-15-24(45)38-17(6-9-29)26(47)37-14-23(44)35-16-25(46)39-19(8-11-31)28(49)40-18(7-10-30)27(48)36-13-21(42)32-4-2/h17-19H,3-16,29-31H2,1-2H3,(H,32,42)(H,33,41)(H,34,43)(H,35,44)(H,36,48)(H,37,47)(H,38,45)(H,39,46)(H,40,49)/t17?,18-,19-/m0/s1. The molecule has 0 radical (unpaired) electrons. The summed E-state index contributed by atoms with van der Waals surface area (Å²) in [6.45, 7) is 1.67. The second-order valence-electron chi connectivity index (χ2n) is 10.5. The van der Waals surface area contributed by atoms with Gasteiger partial charge in [-0.2, -0.15) is 0 Å². The molecule has 21 nitrogen and oxygen atoms in total. The first-order valence-corrected chi connectivity index (χ1v) is 15.9. The molecule has 0 bridgehead atoms. The lowest BCUT2D eigenvalue weighted by Crippen LogP contribution is -2.56. The Labute approximate surface area is 284 Å². The molecule has 0 saturated carbocycles. The largest absolute Gasteiger partial charge is 0.355 e. The van der Waals surface area contributed by atoms with Crippen molar-refractivity contribution in [3.05, 3.63) is 0 Å². The summed E-state index contributed by atoms with van der Waals surface area (Å²) in [4.78, 5) is 110. The minimum absolute atomic E-state index is 0.00581. The molecular weight excluding hydrogens is 648 g/mol. The van der Waals surface area contributed by atoms with Crippen LogP contribution in [0.25, 0.3) is 0 Å². The number of rotatable bonds is 25. The Morgan fingerprint density at radius 2 is 0.776 bits per heavy atom. The molecule has 278 valence electrons. The quantitative estimate of drug-likeness (QED) is 0.0423. The van der Waals surface area contributed by atoms with Gasteiger partial charge in [0.1, 0.15) is 18.1 Å². The van der Waals surface area contributed by atoms with Crippen LogP contribution in [-0.2, 0) is 43.2 Å². The molecule has 0 rings (SSSR count). The van der Waals surface area contributed by atoms with Crippen LogP contribution in [0.5, 0.6) is 0 Å². The maximum absolute atomic E-state index is 12.9. The van der Waals surface area contributed by atoms with Gasteiger partial charge in [0.25, 0.3) is 0 Å². The van der Waals surface area contributed by atoms with E-state index >= 15 is 0 Å². The zero-order valence-electron chi connectivity index (χ0n) is 28.0. The molecule has 0 aromatic rings. The van der Waals surface area contributed by atoms with Crippen molar-refractivity contribution in [2.45, 2.75) is 64.1 Å². The van der Waals surface area contributed by atoms with Crippen LogP contribution in [0.3, 0.4) is 0 Å². The van der Waals surface area contributed by atoms with Crippen molar-refractivity contribution in [1.29, 1.82) is 0 Å². The number of hydrogen-bond acceptors (Lipinski definition) is 12. The van der Waals surface area contributed by atoms with E-state index in [1.807, 2.05) is 0 Å². The number of nitrogens with one attached hydrogen (secondary N) is 9. The van der Waals surface area contributed by atoms with E-state index in [4.69, 9.17) is 17.2 Å². The summed E-state index contributed by atoms with van der Waals surface area (Å²) in [6.07, 6.45) is 0.911. The highest BCUT2D eigenvalue weighted by Crippen LogP contribution is 1.97. The van der Waals surface area contributed by atoms with E-state index in [1.54, 1.807) is 13.8 Å². The number of hydrogen-bond donors (Lipinski definition) is 12. The normalized spacial score (nSPS) is 12.2. The van der Waals surface area contributed by atoms with Crippen LogP contribution >= 0.6 is 0 Å². The predicted octanol–water partition coefficient (Wildman–Crippen LogP) is -7.00. The third kappa shape index (κ3) is 20.9. The van der Waals surface area contributed by atoms with Crippen LogP contribution < -0.4 is 65.1 Å². The van der Waals surface area contributed by atoms with Gasteiger partial charge in [-0.15, -0.1) is 0 Å². The average Bonchev–Trinajstić information content (AvgIpc) is 3.06. The Bertz CT molecular complexity index is 1140. The fourth-order valence-corrected chi connectivity index (χ4v) is 3.89. The molecule has 0 aromatic carbocycles. The van der Waals surface area contributed by atoms with Crippen LogP contribution in [0.2, 0.25) is 0 Å². The molecule has 3 atom stereocenters.